The van der Waals surface area contributed by atoms with Crippen molar-refractivity contribution in [2.75, 3.05) is 19.6 Å². The number of carboxylic acid groups (broad SMARTS) is 1. The van der Waals surface area contributed by atoms with Gasteiger partial charge < -0.3 is 20.9 Å². The Labute approximate surface area is 123 Å². The second-order valence-corrected chi connectivity index (χ2v) is 5.82. The molecule has 6 nitrogen and oxygen atoms in total. The maximum atomic E-state index is 13.1. The Hall–Kier alpha value is -0.765. The summed E-state index contributed by atoms with van der Waals surface area (Å²) < 4.78 is 26.1. The molecule has 0 radical (unpaired) electrons. The topological polar surface area (TPSA) is 107 Å². The molecule has 9 heteroatoms. The Morgan fingerprint density at radius 3 is 2.48 bits per heavy atom. The van der Waals surface area contributed by atoms with Gasteiger partial charge in [-0.15, -0.1) is 0 Å². The predicted molar refractivity (Wildman–Crippen MR) is 74.0 cm³/mol. The average molecular weight is 308 g/mol. The number of unbranched alkanes of at least 4 members (excludes halogenated alkanes) is 1. The third-order valence-electron chi connectivity index (χ3n) is 3.88. The van der Waals surface area contributed by atoms with Gasteiger partial charge in [-0.1, -0.05) is 12.8 Å². The van der Waals surface area contributed by atoms with Gasteiger partial charge in [0, 0.05) is 19.5 Å². The first-order chi connectivity index (χ1) is 9.65. The lowest BCUT2D eigenvalue weighted by Crippen LogP contribution is -2.50. The third kappa shape index (κ3) is 6.25. The highest BCUT2D eigenvalue weighted by Crippen LogP contribution is 2.28. The van der Waals surface area contributed by atoms with Crippen molar-refractivity contribution >= 4 is 13.1 Å². The zero-order chi connectivity index (χ0) is 16.1. The second kappa shape index (κ2) is 7.48. The summed E-state index contributed by atoms with van der Waals surface area (Å²) >= 11 is 0. The monoisotopic (exact) mass is 308 g/mol. The zero-order valence-corrected chi connectivity index (χ0v) is 12.0. The van der Waals surface area contributed by atoms with Gasteiger partial charge in [0.1, 0.15) is 5.54 Å². The van der Waals surface area contributed by atoms with E-state index in [0.29, 0.717) is 12.8 Å². The minimum Gasteiger partial charge on any atom is -0.480 e. The van der Waals surface area contributed by atoms with Crippen molar-refractivity contribution in [1.29, 1.82) is 0 Å². The number of nitrogens with zero attached hydrogens (tertiary/aromatic N) is 1. The van der Waals surface area contributed by atoms with Crippen LogP contribution < -0.4 is 5.73 Å². The van der Waals surface area contributed by atoms with E-state index >= 15 is 0 Å². The second-order valence-electron chi connectivity index (χ2n) is 5.82. The Morgan fingerprint density at radius 1 is 1.33 bits per heavy atom. The van der Waals surface area contributed by atoms with E-state index in [1.165, 1.54) is 4.90 Å². The van der Waals surface area contributed by atoms with Gasteiger partial charge in [-0.3, -0.25) is 9.69 Å². The van der Waals surface area contributed by atoms with Crippen LogP contribution in [0.1, 0.15) is 32.1 Å². The standard InChI is InChI=1S/C12H23BF2N2O4/c14-12(15)5-8-17(9-12)7-4-11(16,10(18)19)3-1-2-6-13(20)21/h20-21H,1-9,16H2,(H,18,19). The van der Waals surface area contributed by atoms with Gasteiger partial charge in [-0.2, -0.15) is 0 Å². The van der Waals surface area contributed by atoms with Crippen molar-refractivity contribution < 1.29 is 28.7 Å². The molecule has 1 fully saturated rings. The van der Waals surface area contributed by atoms with Crippen LogP contribution in [0.2, 0.25) is 6.32 Å². The number of aliphatic carboxylic acids is 1. The van der Waals surface area contributed by atoms with Crippen LogP contribution in [0.15, 0.2) is 0 Å². The van der Waals surface area contributed by atoms with Crippen molar-refractivity contribution in [1.82, 2.24) is 4.90 Å². The van der Waals surface area contributed by atoms with Gasteiger partial charge in [0.25, 0.3) is 5.92 Å². The van der Waals surface area contributed by atoms with Crippen LogP contribution in [0.5, 0.6) is 0 Å². The number of nitrogens with two attached hydrogens (primary N) is 1. The van der Waals surface area contributed by atoms with E-state index < -0.39 is 24.5 Å². The number of hydrogen-bond acceptors (Lipinski definition) is 5. The van der Waals surface area contributed by atoms with Gasteiger partial charge in [0.2, 0.25) is 0 Å². The Morgan fingerprint density at radius 2 is 2.00 bits per heavy atom. The van der Waals surface area contributed by atoms with Crippen LogP contribution in [0.4, 0.5) is 8.78 Å². The van der Waals surface area contributed by atoms with E-state index in [1.54, 1.807) is 0 Å². The number of halogens is 2. The van der Waals surface area contributed by atoms with Gasteiger partial charge >= 0.3 is 13.1 Å². The van der Waals surface area contributed by atoms with Crippen molar-refractivity contribution in [3.05, 3.63) is 0 Å². The molecule has 1 heterocycles. The third-order valence-corrected chi connectivity index (χ3v) is 3.88. The number of alkyl halides is 2. The molecule has 0 aliphatic carbocycles. The van der Waals surface area contributed by atoms with Gasteiger partial charge in [-0.25, -0.2) is 8.78 Å². The van der Waals surface area contributed by atoms with Gasteiger partial charge in [-0.05, 0) is 19.2 Å². The van der Waals surface area contributed by atoms with Crippen LogP contribution in [0.3, 0.4) is 0 Å². The van der Waals surface area contributed by atoms with E-state index in [4.69, 9.17) is 15.8 Å². The molecule has 0 bridgehead atoms. The van der Waals surface area contributed by atoms with E-state index in [1.807, 2.05) is 0 Å². The summed E-state index contributed by atoms with van der Waals surface area (Å²) in [7, 11) is -1.41. The molecule has 21 heavy (non-hydrogen) atoms. The lowest BCUT2D eigenvalue weighted by molar-refractivity contribution is -0.144. The van der Waals surface area contributed by atoms with E-state index in [-0.39, 0.29) is 45.2 Å². The molecule has 0 aromatic heterocycles. The van der Waals surface area contributed by atoms with Crippen molar-refractivity contribution in [3.8, 4) is 0 Å². The van der Waals surface area contributed by atoms with Crippen molar-refractivity contribution in [3.63, 3.8) is 0 Å². The summed E-state index contributed by atoms with van der Waals surface area (Å²) in [5.41, 5.74) is 4.40. The summed E-state index contributed by atoms with van der Waals surface area (Å²) in [6, 6.07) is 0. The summed E-state index contributed by atoms with van der Waals surface area (Å²) in [5.74, 6) is -3.85. The maximum Gasteiger partial charge on any atom is 0.451 e. The van der Waals surface area contributed by atoms with E-state index in [9.17, 15) is 18.7 Å². The van der Waals surface area contributed by atoms with Gasteiger partial charge in [0.15, 0.2) is 0 Å². The normalized spacial score (nSPS) is 21.2. The summed E-state index contributed by atoms with van der Waals surface area (Å²) in [6.07, 6.45) is 1.13. The molecule has 0 amide bonds. The molecule has 5 N–H and O–H groups in total. The molecule has 0 aromatic carbocycles. The highest BCUT2D eigenvalue weighted by atomic mass is 19.3. The molecular weight excluding hydrogens is 285 g/mol. The molecule has 1 unspecified atom stereocenters. The van der Waals surface area contributed by atoms with Gasteiger partial charge in [0.05, 0.1) is 6.54 Å². The highest BCUT2D eigenvalue weighted by molar-refractivity contribution is 6.40. The minimum absolute atomic E-state index is 0.0973. The SMILES string of the molecule is NC(CCCCB(O)O)(CCN1CCC(F)(F)C1)C(=O)O. The molecule has 122 valence electrons. The fourth-order valence-corrected chi connectivity index (χ4v) is 2.46. The number of likely N-dealkylation sites (tertiary alicyclic amines) is 1. The van der Waals surface area contributed by atoms with Crippen molar-refractivity contribution in [2.24, 2.45) is 5.73 Å². The molecule has 1 saturated heterocycles. The largest absolute Gasteiger partial charge is 0.480 e. The smallest absolute Gasteiger partial charge is 0.451 e. The van der Waals surface area contributed by atoms with E-state index in [2.05, 4.69) is 0 Å². The molecular formula is C12H23BF2N2O4. The Balaban J connectivity index is 2.39. The lowest BCUT2D eigenvalue weighted by Gasteiger charge is -2.27. The molecule has 1 rings (SSSR count). The highest BCUT2D eigenvalue weighted by Gasteiger charge is 2.40. The summed E-state index contributed by atoms with van der Waals surface area (Å²) in [5, 5.41) is 26.7. The quantitative estimate of drug-likeness (QED) is 0.357. The van der Waals surface area contributed by atoms with Crippen LogP contribution in [0, 0.1) is 0 Å². The minimum atomic E-state index is -2.70. The first kappa shape index (κ1) is 18.3. The van der Waals surface area contributed by atoms with Crippen molar-refractivity contribution in [2.45, 2.75) is 49.9 Å². The molecule has 0 spiro atoms. The fourth-order valence-electron chi connectivity index (χ4n) is 2.46. The summed E-state index contributed by atoms with van der Waals surface area (Å²) in [6.45, 7) is 0.125. The number of carbonyl (C=O) groups is 1. The van der Waals surface area contributed by atoms with E-state index in [0.717, 1.165) is 0 Å². The maximum absolute atomic E-state index is 13.1. The molecule has 0 saturated carbocycles. The first-order valence-electron chi connectivity index (χ1n) is 7.13. The predicted octanol–water partition coefficient (Wildman–Crippen LogP) is 0.143. The number of rotatable bonds is 9. The van der Waals surface area contributed by atoms with Crippen LogP contribution in [-0.4, -0.2) is 64.2 Å². The average Bonchev–Trinajstić information content (AvgIpc) is 2.71. The molecule has 1 atom stereocenters. The number of carboxylic acids is 1. The Kier molecular flexibility index (Phi) is 6.52. The zero-order valence-electron chi connectivity index (χ0n) is 12.0. The van der Waals surface area contributed by atoms with Crippen LogP contribution in [-0.2, 0) is 4.79 Å². The van der Waals surface area contributed by atoms with Crippen LogP contribution >= 0.6 is 0 Å². The number of hydrogen-bond donors (Lipinski definition) is 4. The fraction of sp³-hybridized carbons (Fsp3) is 0.917. The molecule has 1 aliphatic heterocycles. The van der Waals surface area contributed by atoms with Crippen LogP contribution in [0.25, 0.3) is 0 Å². The molecule has 1 aliphatic rings. The lowest BCUT2D eigenvalue weighted by atomic mass is 9.81. The Bertz CT molecular complexity index is 360. The first-order valence-corrected chi connectivity index (χ1v) is 7.13. The summed E-state index contributed by atoms with van der Waals surface area (Å²) in [4.78, 5) is 12.8. The molecule has 0 aromatic rings.